The minimum Gasteiger partial charge on any atom is -0.459 e. The second kappa shape index (κ2) is 7.03. The van der Waals surface area contributed by atoms with Crippen LogP contribution in [0.5, 0.6) is 0 Å². The third kappa shape index (κ3) is 4.33. The van der Waals surface area contributed by atoms with Gasteiger partial charge in [-0.3, -0.25) is 4.79 Å². The molecule has 0 aromatic rings. The molecule has 100 valence electrons. The fraction of sp³-hybridized carbons (Fsp3) is 0.933. The smallest absolute Gasteiger partial charge is 0.309 e. The molecule has 0 bridgehead atoms. The van der Waals surface area contributed by atoms with E-state index in [0.29, 0.717) is 0 Å². The van der Waals surface area contributed by atoms with Crippen LogP contribution in [0.4, 0.5) is 0 Å². The highest BCUT2D eigenvalue weighted by Crippen LogP contribution is 2.38. The van der Waals surface area contributed by atoms with Gasteiger partial charge in [-0.15, -0.1) is 0 Å². The van der Waals surface area contributed by atoms with Gasteiger partial charge in [0.25, 0.3) is 0 Å². The maximum Gasteiger partial charge on any atom is 0.309 e. The van der Waals surface area contributed by atoms with E-state index >= 15 is 0 Å². The van der Waals surface area contributed by atoms with Crippen molar-refractivity contribution < 1.29 is 9.53 Å². The number of carbonyl (C=O) groups excluding carboxylic acids is 1. The number of unbranched alkanes of at least 4 members (excludes halogenated alkanes) is 2. The van der Waals surface area contributed by atoms with Crippen LogP contribution in [-0.2, 0) is 9.53 Å². The van der Waals surface area contributed by atoms with Gasteiger partial charge in [0.1, 0.15) is 5.60 Å². The van der Waals surface area contributed by atoms with Crippen molar-refractivity contribution in [2.45, 2.75) is 84.2 Å². The van der Waals surface area contributed by atoms with E-state index in [0.717, 1.165) is 25.7 Å². The molecule has 0 aliphatic heterocycles. The lowest BCUT2D eigenvalue weighted by Crippen LogP contribution is -2.34. The van der Waals surface area contributed by atoms with Gasteiger partial charge in [0.15, 0.2) is 0 Å². The molecule has 0 N–H and O–H groups in total. The fourth-order valence-electron chi connectivity index (χ4n) is 2.60. The third-order valence-corrected chi connectivity index (χ3v) is 4.08. The van der Waals surface area contributed by atoms with Gasteiger partial charge >= 0.3 is 5.97 Å². The maximum absolute atomic E-state index is 11.9. The van der Waals surface area contributed by atoms with Crippen molar-refractivity contribution in [3.63, 3.8) is 0 Å². The zero-order valence-corrected chi connectivity index (χ0v) is 11.8. The molecule has 0 aromatic heterocycles. The molecule has 0 radical (unpaired) electrons. The third-order valence-electron chi connectivity index (χ3n) is 4.08. The molecular formula is C15H28O2. The summed E-state index contributed by atoms with van der Waals surface area (Å²) in [6.07, 6.45) is 10.2. The highest BCUT2D eigenvalue weighted by atomic mass is 16.6. The summed E-state index contributed by atoms with van der Waals surface area (Å²) in [5.41, 5.74) is -0.102. The fourth-order valence-corrected chi connectivity index (χ4v) is 2.60. The second-order valence-corrected chi connectivity index (χ2v) is 5.58. The highest BCUT2D eigenvalue weighted by molar-refractivity contribution is 5.72. The van der Waals surface area contributed by atoms with E-state index in [1.54, 1.807) is 0 Å². The van der Waals surface area contributed by atoms with Crippen LogP contribution >= 0.6 is 0 Å². The van der Waals surface area contributed by atoms with Crippen molar-refractivity contribution in [1.29, 1.82) is 0 Å². The Balaban J connectivity index is 2.49. The summed E-state index contributed by atoms with van der Waals surface area (Å²) in [5, 5.41) is 0. The van der Waals surface area contributed by atoms with E-state index in [1.807, 2.05) is 13.8 Å². The van der Waals surface area contributed by atoms with Crippen molar-refractivity contribution in [3.05, 3.63) is 0 Å². The Bertz CT molecular complexity index is 229. The van der Waals surface area contributed by atoms with Gasteiger partial charge in [-0.05, 0) is 44.9 Å². The van der Waals surface area contributed by atoms with Gasteiger partial charge in [-0.25, -0.2) is 0 Å². The lowest BCUT2D eigenvalue weighted by Gasteiger charge is -2.30. The van der Waals surface area contributed by atoms with Gasteiger partial charge in [-0.2, -0.15) is 0 Å². The number of carbonyl (C=O) groups is 1. The first-order valence-electron chi connectivity index (χ1n) is 7.36. The molecule has 1 atom stereocenters. The molecule has 1 rings (SSSR count). The van der Waals surface area contributed by atoms with E-state index in [-0.39, 0.29) is 17.5 Å². The zero-order chi connectivity index (χ0) is 12.7. The number of hydrogen-bond donors (Lipinski definition) is 0. The Hall–Kier alpha value is -0.530. The molecule has 0 amide bonds. The summed E-state index contributed by atoms with van der Waals surface area (Å²) >= 11 is 0. The molecule has 0 spiro atoms. The highest BCUT2D eigenvalue weighted by Gasteiger charge is 2.37. The van der Waals surface area contributed by atoms with Crippen molar-refractivity contribution in [2.75, 3.05) is 0 Å². The van der Waals surface area contributed by atoms with Gasteiger partial charge in [0.05, 0.1) is 5.92 Å². The lowest BCUT2D eigenvalue weighted by atomic mass is 9.93. The zero-order valence-electron chi connectivity index (χ0n) is 11.8. The van der Waals surface area contributed by atoms with Crippen molar-refractivity contribution >= 4 is 5.97 Å². The van der Waals surface area contributed by atoms with Crippen LogP contribution in [0.3, 0.4) is 0 Å². The topological polar surface area (TPSA) is 26.3 Å². The monoisotopic (exact) mass is 240 g/mol. The molecular weight excluding hydrogens is 212 g/mol. The Labute approximate surface area is 106 Å². The molecule has 1 fully saturated rings. The summed E-state index contributed by atoms with van der Waals surface area (Å²) in [6, 6.07) is 0. The Morgan fingerprint density at radius 3 is 2.41 bits per heavy atom. The van der Waals surface area contributed by atoms with E-state index in [2.05, 4.69) is 6.92 Å². The van der Waals surface area contributed by atoms with Crippen LogP contribution in [0.1, 0.15) is 78.6 Å². The van der Waals surface area contributed by atoms with Crippen molar-refractivity contribution in [1.82, 2.24) is 0 Å². The Morgan fingerprint density at radius 1 is 1.24 bits per heavy atom. The normalized spacial score (nSPS) is 20.2. The summed E-state index contributed by atoms with van der Waals surface area (Å²) in [5.74, 6) is 0.0737. The molecule has 1 unspecified atom stereocenters. The van der Waals surface area contributed by atoms with Crippen LogP contribution in [-0.4, -0.2) is 11.6 Å². The predicted octanol–water partition coefficient (Wildman–Crippen LogP) is 4.47. The molecule has 17 heavy (non-hydrogen) atoms. The van der Waals surface area contributed by atoms with E-state index in [4.69, 9.17) is 4.74 Å². The molecule has 1 saturated carbocycles. The summed E-state index contributed by atoms with van der Waals surface area (Å²) in [6.45, 7) is 6.23. The molecule has 0 aromatic carbocycles. The van der Waals surface area contributed by atoms with Crippen LogP contribution in [0.2, 0.25) is 0 Å². The van der Waals surface area contributed by atoms with Gasteiger partial charge in [0.2, 0.25) is 0 Å². The van der Waals surface area contributed by atoms with Crippen molar-refractivity contribution in [3.8, 4) is 0 Å². The van der Waals surface area contributed by atoms with E-state index in [9.17, 15) is 4.79 Å². The second-order valence-electron chi connectivity index (χ2n) is 5.58. The molecule has 2 heteroatoms. The quantitative estimate of drug-likeness (QED) is 0.485. The largest absolute Gasteiger partial charge is 0.459 e. The van der Waals surface area contributed by atoms with Crippen LogP contribution < -0.4 is 0 Å². The first-order valence-corrected chi connectivity index (χ1v) is 7.36. The molecule has 1 aliphatic carbocycles. The molecule has 1 aliphatic rings. The predicted molar refractivity (Wildman–Crippen MR) is 70.9 cm³/mol. The number of ether oxygens (including phenoxy) is 1. The standard InChI is InChI=1S/C15H28O2/c1-4-6-7-10-15(11-8-9-12-15)17-14(16)13(3)5-2/h13H,4-12H2,1-3H3. The van der Waals surface area contributed by atoms with Gasteiger partial charge in [0, 0.05) is 0 Å². The van der Waals surface area contributed by atoms with Crippen molar-refractivity contribution in [2.24, 2.45) is 5.92 Å². The average molecular weight is 240 g/mol. The van der Waals surface area contributed by atoms with E-state index < -0.39 is 0 Å². The first-order chi connectivity index (χ1) is 8.13. The van der Waals surface area contributed by atoms with Crippen LogP contribution in [0.15, 0.2) is 0 Å². The minimum absolute atomic E-state index is 0.0194. The molecule has 0 saturated heterocycles. The molecule has 2 nitrogen and oxygen atoms in total. The number of esters is 1. The van der Waals surface area contributed by atoms with Crippen LogP contribution in [0, 0.1) is 5.92 Å². The van der Waals surface area contributed by atoms with Gasteiger partial charge in [-0.1, -0.05) is 33.6 Å². The van der Waals surface area contributed by atoms with Crippen LogP contribution in [0.25, 0.3) is 0 Å². The Kier molecular flexibility index (Phi) is 6.01. The minimum atomic E-state index is -0.102. The lowest BCUT2D eigenvalue weighted by molar-refractivity contribution is -0.164. The summed E-state index contributed by atoms with van der Waals surface area (Å²) < 4.78 is 5.86. The Morgan fingerprint density at radius 2 is 1.88 bits per heavy atom. The number of rotatable bonds is 7. The maximum atomic E-state index is 11.9. The summed E-state index contributed by atoms with van der Waals surface area (Å²) in [4.78, 5) is 11.9. The first kappa shape index (κ1) is 14.5. The average Bonchev–Trinajstić information content (AvgIpc) is 2.77. The summed E-state index contributed by atoms with van der Waals surface area (Å²) in [7, 11) is 0. The van der Waals surface area contributed by atoms with E-state index in [1.165, 1.54) is 32.1 Å². The SMILES string of the molecule is CCCCCC1(OC(=O)C(C)CC)CCCC1. The molecule has 0 heterocycles. The number of hydrogen-bond acceptors (Lipinski definition) is 2. The van der Waals surface area contributed by atoms with Gasteiger partial charge < -0.3 is 4.74 Å².